The van der Waals surface area contributed by atoms with Crippen molar-refractivity contribution in [2.75, 3.05) is 11.9 Å². The van der Waals surface area contributed by atoms with Crippen LogP contribution >= 0.6 is 12.2 Å². The number of amides is 1. The Morgan fingerprint density at radius 1 is 1.03 bits per heavy atom. The minimum atomic E-state index is -0.464. The Hall–Kier alpha value is -4.04. The highest BCUT2D eigenvalue weighted by Gasteiger charge is 2.41. The van der Waals surface area contributed by atoms with Crippen molar-refractivity contribution in [3.8, 4) is 5.69 Å². The van der Waals surface area contributed by atoms with E-state index in [0.29, 0.717) is 11.7 Å². The molecule has 4 aromatic rings. The van der Waals surface area contributed by atoms with Crippen LogP contribution in [0.2, 0.25) is 0 Å². The van der Waals surface area contributed by atoms with Crippen molar-refractivity contribution in [1.29, 1.82) is 0 Å². The van der Waals surface area contributed by atoms with E-state index in [-0.39, 0.29) is 30.1 Å². The second-order valence-electron chi connectivity index (χ2n) is 8.67. The van der Waals surface area contributed by atoms with Crippen molar-refractivity contribution in [1.82, 2.24) is 19.8 Å². The van der Waals surface area contributed by atoms with Gasteiger partial charge in [-0.3, -0.25) is 9.78 Å². The highest BCUT2D eigenvalue weighted by Crippen LogP contribution is 2.40. The zero-order valence-corrected chi connectivity index (χ0v) is 20.6. The van der Waals surface area contributed by atoms with Crippen LogP contribution in [0.4, 0.5) is 10.1 Å². The Balaban J connectivity index is 1.47. The summed E-state index contributed by atoms with van der Waals surface area (Å²) in [5, 5.41) is 6.64. The van der Waals surface area contributed by atoms with Crippen molar-refractivity contribution in [2.24, 2.45) is 0 Å². The average molecular weight is 500 g/mol. The van der Waals surface area contributed by atoms with Crippen LogP contribution in [-0.4, -0.2) is 32.0 Å². The molecule has 2 N–H and O–H groups in total. The first-order valence-corrected chi connectivity index (χ1v) is 12.2. The maximum atomic E-state index is 14.0. The van der Waals surface area contributed by atoms with E-state index in [1.54, 1.807) is 24.4 Å². The van der Waals surface area contributed by atoms with E-state index >= 15 is 0 Å². The Morgan fingerprint density at radius 3 is 2.53 bits per heavy atom. The number of aryl methyl sites for hydroxylation is 1. The van der Waals surface area contributed by atoms with Gasteiger partial charge >= 0.3 is 0 Å². The Kier molecular flexibility index (Phi) is 6.77. The molecule has 36 heavy (non-hydrogen) atoms. The zero-order valence-electron chi connectivity index (χ0n) is 19.8. The first-order chi connectivity index (χ1) is 17.5. The lowest BCUT2D eigenvalue weighted by molar-refractivity contribution is -0.116. The highest BCUT2D eigenvalue weighted by atomic mass is 32.1. The van der Waals surface area contributed by atoms with Gasteiger partial charge in [0.2, 0.25) is 5.91 Å². The molecule has 0 radical (unpaired) electrons. The molecular formula is C28H26FN5OS. The van der Waals surface area contributed by atoms with Crippen LogP contribution in [0.3, 0.4) is 0 Å². The van der Waals surface area contributed by atoms with Gasteiger partial charge in [-0.25, -0.2) is 4.39 Å². The molecule has 182 valence electrons. The van der Waals surface area contributed by atoms with Crippen LogP contribution in [0, 0.1) is 12.7 Å². The third-order valence-electron chi connectivity index (χ3n) is 6.35. The number of benzene rings is 2. The number of pyridine rings is 1. The Labute approximate surface area is 214 Å². The molecule has 2 aromatic heterocycles. The van der Waals surface area contributed by atoms with Gasteiger partial charge in [0.25, 0.3) is 0 Å². The number of para-hydroxylation sites is 2. The Bertz CT molecular complexity index is 1380. The number of hydrogen-bond acceptors (Lipinski definition) is 3. The molecule has 1 aliphatic rings. The fourth-order valence-electron chi connectivity index (χ4n) is 4.68. The molecule has 8 heteroatoms. The summed E-state index contributed by atoms with van der Waals surface area (Å²) < 4.78 is 16.2. The third-order valence-corrected chi connectivity index (χ3v) is 6.70. The predicted octanol–water partition coefficient (Wildman–Crippen LogP) is 5.32. The topological polar surface area (TPSA) is 62.2 Å². The fourth-order valence-corrected chi connectivity index (χ4v) is 5.02. The maximum Gasteiger partial charge on any atom is 0.226 e. The maximum absolute atomic E-state index is 14.0. The van der Waals surface area contributed by atoms with Crippen molar-refractivity contribution in [2.45, 2.75) is 25.4 Å². The number of anilines is 1. The van der Waals surface area contributed by atoms with Crippen LogP contribution in [0.25, 0.3) is 5.69 Å². The number of carbonyl (C=O) groups excluding carboxylic acids is 1. The van der Waals surface area contributed by atoms with Crippen molar-refractivity contribution < 1.29 is 9.18 Å². The van der Waals surface area contributed by atoms with Gasteiger partial charge in [0.05, 0.1) is 23.5 Å². The van der Waals surface area contributed by atoms with E-state index in [4.69, 9.17) is 12.2 Å². The molecule has 2 atom stereocenters. The number of hydrogen-bond donors (Lipinski definition) is 2. The minimum absolute atomic E-state index is 0.145. The molecular weight excluding hydrogens is 473 g/mol. The lowest BCUT2D eigenvalue weighted by Crippen LogP contribution is -2.33. The van der Waals surface area contributed by atoms with Crippen LogP contribution in [0.5, 0.6) is 0 Å². The van der Waals surface area contributed by atoms with Crippen LogP contribution in [0.1, 0.15) is 35.6 Å². The number of thiocarbonyl (C=S) groups is 1. The SMILES string of the molecule is Cc1ccc([C@H]2[C@@H](c3ccccn3)NC(=S)N2CCC(=O)Nc2ccccc2F)n1-c1ccccc1. The Morgan fingerprint density at radius 2 is 1.78 bits per heavy atom. The number of halogens is 1. The minimum Gasteiger partial charge on any atom is -0.352 e. The summed E-state index contributed by atoms with van der Waals surface area (Å²) in [6, 6.07) is 25.9. The van der Waals surface area contributed by atoms with E-state index in [1.807, 2.05) is 41.3 Å². The van der Waals surface area contributed by atoms with Gasteiger partial charge < -0.3 is 20.1 Å². The second-order valence-corrected chi connectivity index (χ2v) is 9.06. The fraction of sp³-hybridized carbons (Fsp3) is 0.179. The molecule has 0 bridgehead atoms. The monoisotopic (exact) mass is 499 g/mol. The van der Waals surface area contributed by atoms with Gasteiger partial charge in [-0.2, -0.15) is 0 Å². The molecule has 3 heterocycles. The third kappa shape index (κ3) is 4.72. The summed E-state index contributed by atoms with van der Waals surface area (Å²) in [7, 11) is 0. The highest BCUT2D eigenvalue weighted by molar-refractivity contribution is 7.80. The summed E-state index contributed by atoms with van der Waals surface area (Å²) >= 11 is 5.75. The molecule has 0 unspecified atom stereocenters. The summed E-state index contributed by atoms with van der Waals surface area (Å²) in [4.78, 5) is 19.4. The van der Waals surface area contributed by atoms with Crippen LogP contribution in [0.15, 0.2) is 91.1 Å². The van der Waals surface area contributed by atoms with Gasteiger partial charge in [0.15, 0.2) is 5.11 Å². The zero-order chi connectivity index (χ0) is 25.1. The number of rotatable bonds is 7. The van der Waals surface area contributed by atoms with Crippen LogP contribution in [-0.2, 0) is 4.79 Å². The normalized spacial score (nSPS) is 17.2. The van der Waals surface area contributed by atoms with Gasteiger partial charge in [-0.05, 0) is 67.7 Å². The largest absolute Gasteiger partial charge is 0.352 e. The van der Waals surface area contributed by atoms with Crippen molar-refractivity contribution >= 4 is 28.9 Å². The van der Waals surface area contributed by atoms with Crippen molar-refractivity contribution in [3.05, 3.63) is 114 Å². The number of carbonyl (C=O) groups is 1. The molecule has 1 fully saturated rings. The molecule has 2 aromatic carbocycles. The predicted molar refractivity (Wildman–Crippen MR) is 142 cm³/mol. The lowest BCUT2D eigenvalue weighted by Gasteiger charge is -2.29. The number of nitrogens with zero attached hydrogens (tertiary/aromatic N) is 3. The molecule has 5 rings (SSSR count). The molecule has 1 saturated heterocycles. The molecule has 0 saturated carbocycles. The van der Waals surface area contributed by atoms with Gasteiger partial charge in [0, 0.05) is 36.2 Å². The summed E-state index contributed by atoms with van der Waals surface area (Å²) in [6.07, 6.45) is 1.91. The van der Waals surface area contributed by atoms with Gasteiger partial charge in [-0.15, -0.1) is 0 Å². The summed E-state index contributed by atoms with van der Waals surface area (Å²) in [6.45, 7) is 2.43. The van der Waals surface area contributed by atoms with E-state index in [0.717, 1.165) is 22.8 Å². The van der Waals surface area contributed by atoms with E-state index in [2.05, 4.69) is 51.4 Å². The summed E-state index contributed by atoms with van der Waals surface area (Å²) in [5.41, 5.74) is 4.20. The quantitative estimate of drug-likeness (QED) is 0.337. The smallest absolute Gasteiger partial charge is 0.226 e. The molecule has 0 aliphatic carbocycles. The second kappa shape index (κ2) is 10.3. The van der Waals surface area contributed by atoms with Gasteiger partial charge in [0.1, 0.15) is 5.82 Å². The molecule has 1 amide bonds. The number of nitrogens with one attached hydrogen (secondary N) is 2. The summed E-state index contributed by atoms with van der Waals surface area (Å²) in [5.74, 6) is -0.744. The molecule has 6 nitrogen and oxygen atoms in total. The van der Waals surface area contributed by atoms with Crippen LogP contribution < -0.4 is 10.6 Å². The average Bonchev–Trinajstić information content (AvgIpc) is 3.44. The molecule has 0 spiro atoms. The number of aromatic nitrogens is 2. The lowest BCUT2D eigenvalue weighted by atomic mass is 10.0. The van der Waals surface area contributed by atoms with E-state index in [1.165, 1.54) is 6.07 Å². The molecule has 1 aliphatic heterocycles. The first-order valence-electron chi connectivity index (χ1n) is 11.8. The van der Waals surface area contributed by atoms with E-state index < -0.39 is 5.82 Å². The van der Waals surface area contributed by atoms with Gasteiger partial charge in [-0.1, -0.05) is 36.4 Å². The standard InChI is InChI=1S/C28H26FN5OS/c1-19-14-15-24(34(19)20-9-3-2-4-10-20)27-26(23-13-7-8-17-30-23)32-28(36)33(27)18-16-25(35)31-22-12-6-5-11-21(22)29/h2-15,17,26-27H,16,18H2,1H3,(H,31,35)(H,32,36)/t26-,27+/m1/s1. The first kappa shape index (κ1) is 23.7. The van der Waals surface area contributed by atoms with Crippen molar-refractivity contribution in [3.63, 3.8) is 0 Å². The van der Waals surface area contributed by atoms with E-state index in [9.17, 15) is 9.18 Å².